The zero-order valence-corrected chi connectivity index (χ0v) is 13.9. The van der Waals surface area contributed by atoms with Gasteiger partial charge in [0.15, 0.2) is 17.3 Å². The van der Waals surface area contributed by atoms with Crippen LogP contribution in [0.4, 0.5) is 0 Å². The maximum atomic E-state index is 5.87. The Balaban J connectivity index is 1.74. The van der Waals surface area contributed by atoms with Crippen LogP contribution in [-0.4, -0.2) is 12.1 Å². The summed E-state index contributed by atoms with van der Waals surface area (Å²) in [7, 11) is 1.63. The van der Waals surface area contributed by atoms with Gasteiger partial charge in [-0.05, 0) is 49.6 Å². The average Bonchev–Trinajstić information content (AvgIpc) is 3.23. The van der Waals surface area contributed by atoms with E-state index in [1.807, 2.05) is 25.1 Å². The smallest absolute Gasteiger partial charge is 0.263 e. The highest BCUT2D eigenvalue weighted by atomic mass is 16.5. The van der Waals surface area contributed by atoms with Gasteiger partial charge < -0.3 is 18.3 Å². The summed E-state index contributed by atoms with van der Waals surface area (Å²) >= 11 is 0. The molecule has 24 heavy (non-hydrogen) atoms. The number of hydrogen-bond acceptors (Lipinski definition) is 5. The predicted molar refractivity (Wildman–Crippen MR) is 89.9 cm³/mol. The third-order valence-corrected chi connectivity index (χ3v) is 3.68. The molecule has 0 saturated heterocycles. The third-order valence-electron chi connectivity index (χ3n) is 3.68. The van der Waals surface area contributed by atoms with Gasteiger partial charge in [-0.2, -0.15) is 0 Å². The van der Waals surface area contributed by atoms with Crippen LogP contribution < -0.4 is 9.47 Å². The molecule has 0 spiro atoms. The largest absolute Gasteiger partial charge is 0.493 e. The van der Waals surface area contributed by atoms with Gasteiger partial charge >= 0.3 is 0 Å². The molecule has 5 nitrogen and oxygen atoms in total. The summed E-state index contributed by atoms with van der Waals surface area (Å²) in [6, 6.07) is 9.51. The molecule has 0 unspecified atom stereocenters. The molecule has 1 aromatic carbocycles. The van der Waals surface area contributed by atoms with Gasteiger partial charge in [-0.1, -0.05) is 13.0 Å². The first-order valence-corrected chi connectivity index (χ1v) is 7.80. The Morgan fingerprint density at radius 1 is 1.21 bits per heavy atom. The topological polar surface area (TPSA) is 57.6 Å². The second kappa shape index (κ2) is 7.25. The van der Waals surface area contributed by atoms with Crippen molar-refractivity contribution in [2.75, 3.05) is 7.11 Å². The Morgan fingerprint density at radius 3 is 2.79 bits per heavy atom. The van der Waals surface area contributed by atoms with Crippen molar-refractivity contribution in [1.29, 1.82) is 0 Å². The highest BCUT2D eigenvalue weighted by Gasteiger charge is 2.15. The summed E-state index contributed by atoms with van der Waals surface area (Å²) in [6.07, 6.45) is 3.34. The molecular weight excluding hydrogens is 306 g/mol. The van der Waals surface area contributed by atoms with Gasteiger partial charge in [0.25, 0.3) is 5.89 Å². The maximum Gasteiger partial charge on any atom is 0.263 e. The molecule has 0 saturated carbocycles. The number of oxazole rings is 1. The van der Waals surface area contributed by atoms with E-state index in [1.165, 1.54) is 5.56 Å². The highest BCUT2D eigenvalue weighted by Crippen LogP contribution is 2.30. The molecule has 0 aliphatic heterocycles. The van der Waals surface area contributed by atoms with Gasteiger partial charge in [-0.3, -0.25) is 0 Å². The minimum Gasteiger partial charge on any atom is -0.493 e. The maximum absolute atomic E-state index is 5.87. The molecule has 3 rings (SSSR count). The van der Waals surface area contributed by atoms with Gasteiger partial charge in [0.2, 0.25) is 0 Å². The van der Waals surface area contributed by atoms with Crippen LogP contribution in [-0.2, 0) is 13.0 Å². The first kappa shape index (κ1) is 16.2. The van der Waals surface area contributed by atoms with Crippen LogP contribution >= 0.6 is 0 Å². The lowest BCUT2D eigenvalue weighted by molar-refractivity contribution is 0.279. The lowest BCUT2D eigenvalue weighted by atomic mass is 10.1. The van der Waals surface area contributed by atoms with Gasteiger partial charge in [-0.15, -0.1) is 0 Å². The number of rotatable bonds is 7. The van der Waals surface area contributed by atoms with Crippen LogP contribution in [0.15, 0.2) is 45.4 Å². The summed E-state index contributed by atoms with van der Waals surface area (Å²) in [4.78, 5) is 4.44. The summed E-state index contributed by atoms with van der Waals surface area (Å²) in [5, 5.41) is 0. The van der Waals surface area contributed by atoms with Crippen LogP contribution in [0.1, 0.15) is 23.4 Å². The fourth-order valence-corrected chi connectivity index (χ4v) is 2.40. The Bertz CT molecular complexity index is 790. The van der Waals surface area contributed by atoms with Gasteiger partial charge in [0.05, 0.1) is 13.4 Å². The zero-order chi connectivity index (χ0) is 16.9. The van der Waals surface area contributed by atoms with E-state index in [1.54, 1.807) is 25.5 Å². The van der Waals surface area contributed by atoms with Crippen molar-refractivity contribution >= 4 is 0 Å². The van der Waals surface area contributed by atoms with Gasteiger partial charge in [-0.25, -0.2) is 4.98 Å². The molecular formula is C19H20NO4. The van der Waals surface area contributed by atoms with Crippen LogP contribution in [0.2, 0.25) is 0 Å². The van der Waals surface area contributed by atoms with Crippen molar-refractivity contribution in [1.82, 2.24) is 4.98 Å². The Labute approximate surface area is 141 Å². The first-order chi connectivity index (χ1) is 11.7. The number of aromatic nitrogens is 1. The lowest BCUT2D eigenvalue weighted by Crippen LogP contribution is -2.00. The van der Waals surface area contributed by atoms with E-state index < -0.39 is 0 Å². The van der Waals surface area contributed by atoms with Crippen molar-refractivity contribution in [3.05, 3.63) is 60.5 Å². The second-order valence-corrected chi connectivity index (χ2v) is 5.38. The minimum atomic E-state index is 0.293. The summed E-state index contributed by atoms with van der Waals surface area (Å²) in [5.41, 5.74) is 1.90. The zero-order valence-electron chi connectivity index (χ0n) is 13.9. The number of hydrogen-bond donors (Lipinski definition) is 0. The van der Waals surface area contributed by atoms with Crippen LogP contribution in [0.3, 0.4) is 0 Å². The van der Waals surface area contributed by atoms with E-state index in [2.05, 4.69) is 11.9 Å². The molecule has 5 heteroatoms. The Hall–Kier alpha value is -2.69. The van der Waals surface area contributed by atoms with Crippen molar-refractivity contribution in [3.8, 4) is 23.1 Å². The number of methoxy groups -OCH3 is 1. The van der Waals surface area contributed by atoms with E-state index in [9.17, 15) is 0 Å². The standard InChI is InChI=1S/C19H20NO4/c1-4-6-14-8-9-16(18(11-14)21-3)23-12-15-13(2)24-19(20-15)17-7-5-10-22-17/h5,7-11H,1,4,6,12H2,2-3H3. The molecule has 0 atom stereocenters. The molecule has 0 aliphatic rings. The molecule has 3 aromatic rings. The number of ether oxygens (including phenoxy) is 2. The van der Waals surface area contributed by atoms with Crippen LogP contribution in [0.5, 0.6) is 11.5 Å². The quantitative estimate of drug-likeness (QED) is 0.635. The highest BCUT2D eigenvalue weighted by molar-refractivity contribution is 5.45. The number of benzene rings is 1. The molecule has 1 radical (unpaired) electrons. The van der Waals surface area contributed by atoms with Crippen LogP contribution in [0, 0.1) is 13.8 Å². The van der Waals surface area contributed by atoms with Crippen molar-refractivity contribution in [2.24, 2.45) is 0 Å². The summed E-state index contributed by atoms with van der Waals surface area (Å²) in [6.45, 7) is 6.02. The Kier molecular flexibility index (Phi) is 4.89. The number of nitrogens with zero attached hydrogens (tertiary/aromatic N) is 1. The molecule has 2 aromatic heterocycles. The molecule has 0 aliphatic carbocycles. The van der Waals surface area contributed by atoms with E-state index in [0.717, 1.165) is 18.5 Å². The van der Waals surface area contributed by atoms with Gasteiger partial charge in [0, 0.05) is 0 Å². The summed E-state index contributed by atoms with van der Waals surface area (Å²) < 4.78 is 22.2. The lowest BCUT2D eigenvalue weighted by Gasteiger charge is -2.11. The van der Waals surface area contributed by atoms with Crippen molar-refractivity contribution < 1.29 is 18.3 Å². The molecule has 0 fully saturated rings. The minimum absolute atomic E-state index is 0.293. The van der Waals surface area contributed by atoms with E-state index >= 15 is 0 Å². The average molecular weight is 326 g/mol. The molecule has 0 N–H and O–H groups in total. The first-order valence-electron chi connectivity index (χ1n) is 7.80. The van der Waals surface area contributed by atoms with E-state index in [4.69, 9.17) is 18.3 Å². The fraction of sp³-hybridized carbons (Fsp3) is 0.263. The number of aryl methyl sites for hydroxylation is 2. The summed E-state index contributed by atoms with van der Waals surface area (Å²) in [5.74, 6) is 3.13. The third kappa shape index (κ3) is 3.45. The fourth-order valence-electron chi connectivity index (χ4n) is 2.40. The number of furan rings is 1. The molecule has 2 heterocycles. The van der Waals surface area contributed by atoms with E-state index in [-0.39, 0.29) is 0 Å². The molecule has 0 amide bonds. The SMILES string of the molecule is [CH2]CCc1ccc(OCc2nc(-c3ccco3)oc2C)c(OC)c1. The van der Waals surface area contributed by atoms with Crippen molar-refractivity contribution in [2.45, 2.75) is 26.4 Å². The Morgan fingerprint density at radius 2 is 2.08 bits per heavy atom. The van der Waals surface area contributed by atoms with Crippen molar-refractivity contribution in [3.63, 3.8) is 0 Å². The monoisotopic (exact) mass is 326 g/mol. The van der Waals surface area contributed by atoms with E-state index in [0.29, 0.717) is 35.5 Å². The predicted octanol–water partition coefficient (Wildman–Crippen LogP) is 4.60. The molecule has 0 bridgehead atoms. The van der Waals surface area contributed by atoms with Gasteiger partial charge in [0.1, 0.15) is 18.1 Å². The molecule has 125 valence electrons. The second-order valence-electron chi connectivity index (χ2n) is 5.38. The van der Waals surface area contributed by atoms with Crippen LogP contribution in [0.25, 0.3) is 11.7 Å². The normalized spacial score (nSPS) is 10.8.